The van der Waals surface area contributed by atoms with Crippen LogP contribution in [0.15, 0.2) is 22.6 Å². The molecule has 2 aromatic rings. The summed E-state index contributed by atoms with van der Waals surface area (Å²) in [4.78, 5) is 16.5. The van der Waals surface area contributed by atoms with E-state index in [4.69, 9.17) is 13.9 Å². The number of fused-ring (bicyclic) bond motifs is 1. The van der Waals surface area contributed by atoms with Crippen LogP contribution in [0.25, 0.3) is 0 Å². The fraction of sp³-hybridized carbons (Fsp3) is 0.438. The second-order valence-corrected chi connectivity index (χ2v) is 5.68. The van der Waals surface area contributed by atoms with Gasteiger partial charge in [0.15, 0.2) is 11.5 Å². The van der Waals surface area contributed by atoms with E-state index in [1.54, 1.807) is 18.2 Å². The van der Waals surface area contributed by atoms with E-state index in [0.29, 0.717) is 55.1 Å². The minimum absolute atomic E-state index is 0.00673. The molecule has 0 N–H and O–H groups in total. The lowest BCUT2D eigenvalue weighted by atomic mass is 10.1. The van der Waals surface area contributed by atoms with Crippen molar-refractivity contribution >= 4 is 11.9 Å². The van der Waals surface area contributed by atoms with Gasteiger partial charge in [-0.15, -0.1) is 5.10 Å². The first kappa shape index (κ1) is 14.8. The molecule has 4 rings (SSSR count). The largest absolute Gasteiger partial charge is 0.454 e. The van der Waals surface area contributed by atoms with Gasteiger partial charge >= 0.3 is 6.01 Å². The van der Waals surface area contributed by atoms with Crippen LogP contribution in [0, 0.1) is 0 Å². The Labute approximate surface area is 139 Å². The molecule has 1 aromatic heterocycles. The molecule has 2 aliphatic heterocycles. The van der Waals surface area contributed by atoms with E-state index in [0.717, 1.165) is 6.42 Å². The summed E-state index contributed by atoms with van der Waals surface area (Å²) < 4.78 is 16.2. The Bertz CT molecular complexity index is 752. The molecular formula is C16H18N4O4. The molecule has 1 amide bonds. The first-order valence-corrected chi connectivity index (χ1v) is 8.01. The van der Waals surface area contributed by atoms with E-state index in [1.165, 1.54) is 0 Å². The highest BCUT2D eigenvalue weighted by Gasteiger charge is 2.26. The van der Waals surface area contributed by atoms with Crippen molar-refractivity contribution in [3.05, 3.63) is 29.7 Å². The van der Waals surface area contributed by atoms with E-state index < -0.39 is 0 Å². The third-order valence-electron chi connectivity index (χ3n) is 4.22. The van der Waals surface area contributed by atoms with Crippen molar-refractivity contribution in [2.75, 3.05) is 37.9 Å². The van der Waals surface area contributed by atoms with Crippen molar-refractivity contribution in [1.82, 2.24) is 15.1 Å². The Hall–Kier alpha value is -2.77. The molecule has 0 bridgehead atoms. The lowest BCUT2D eigenvalue weighted by Gasteiger charge is -2.33. The average molecular weight is 330 g/mol. The van der Waals surface area contributed by atoms with Crippen LogP contribution in [0.2, 0.25) is 0 Å². The standard InChI is InChI=1S/C16H18N4O4/c1-2-14-17-18-16(24-14)20-7-5-19(6-8-20)15(21)11-3-4-12-13(9-11)23-10-22-12/h3-4,9H,2,5-8,10H2,1H3. The zero-order valence-corrected chi connectivity index (χ0v) is 13.4. The second kappa shape index (κ2) is 6.03. The number of aromatic nitrogens is 2. The molecule has 0 atom stereocenters. The molecule has 0 aliphatic carbocycles. The van der Waals surface area contributed by atoms with Crippen molar-refractivity contribution in [3.8, 4) is 11.5 Å². The number of nitrogens with zero attached hydrogens (tertiary/aromatic N) is 4. The molecule has 0 radical (unpaired) electrons. The van der Waals surface area contributed by atoms with Crippen molar-refractivity contribution in [1.29, 1.82) is 0 Å². The van der Waals surface area contributed by atoms with Crippen LogP contribution >= 0.6 is 0 Å². The first-order valence-electron chi connectivity index (χ1n) is 8.01. The van der Waals surface area contributed by atoms with Gasteiger partial charge in [-0.1, -0.05) is 12.0 Å². The molecule has 0 spiro atoms. The highest BCUT2D eigenvalue weighted by atomic mass is 16.7. The molecular weight excluding hydrogens is 312 g/mol. The summed E-state index contributed by atoms with van der Waals surface area (Å²) in [7, 11) is 0. The number of anilines is 1. The number of hydrogen-bond donors (Lipinski definition) is 0. The predicted octanol–water partition coefficient (Wildman–Crippen LogP) is 1.32. The minimum Gasteiger partial charge on any atom is -0.454 e. The van der Waals surface area contributed by atoms with E-state index >= 15 is 0 Å². The number of piperazine rings is 1. The summed E-state index contributed by atoms with van der Waals surface area (Å²) in [6.07, 6.45) is 0.718. The molecule has 8 nitrogen and oxygen atoms in total. The predicted molar refractivity (Wildman–Crippen MR) is 84.4 cm³/mol. The van der Waals surface area contributed by atoms with Gasteiger partial charge in [0, 0.05) is 38.2 Å². The maximum atomic E-state index is 12.7. The SMILES string of the molecule is CCc1nnc(N2CCN(C(=O)c3ccc4c(c3)OCO4)CC2)o1. The second-order valence-electron chi connectivity index (χ2n) is 5.68. The number of benzene rings is 1. The van der Waals surface area contributed by atoms with Crippen molar-refractivity contribution in [3.63, 3.8) is 0 Å². The zero-order chi connectivity index (χ0) is 16.5. The Kier molecular flexibility index (Phi) is 3.72. The molecule has 8 heteroatoms. The van der Waals surface area contributed by atoms with Crippen LogP contribution in [0.5, 0.6) is 11.5 Å². The molecule has 1 fully saturated rings. The molecule has 1 saturated heterocycles. The van der Waals surface area contributed by atoms with Crippen molar-refractivity contribution < 1.29 is 18.7 Å². The zero-order valence-electron chi connectivity index (χ0n) is 13.4. The normalized spacial score (nSPS) is 16.5. The molecule has 24 heavy (non-hydrogen) atoms. The Balaban J connectivity index is 1.41. The van der Waals surface area contributed by atoms with Crippen LogP contribution < -0.4 is 14.4 Å². The number of carbonyl (C=O) groups is 1. The van der Waals surface area contributed by atoms with E-state index in [-0.39, 0.29) is 12.7 Å². The van der Waals surface area contributed by atoms with Gasteiger partial charge in [0.05, 0.1) is 0 Å². The number of carbonyl (C=O) groups excluding carboxylic acids is 1. The Morgan fingerprint density at radius 3 is 2.67 bits per heavy atom. The van der Waals surface area contributed by atoms with E-state index in [9.17, 15) is 4.79 Å². The summed E-state index contributed by atoms with van der Waals surface area (Å²) in [5.41, 5.74) is 0.610. The van der Waals surface area contributed by atoms with Gasteiger partial charge < -0.3 is 23.7 Å². The van der Waals surface area contributed by atoms with Crippen LogP contribution in [0.3, 0.4) is 0 Å². The highest BCUT2D eigenvalue weighted by molar-refractivity contribution is 5.95. The number of aryl methyl sites for hydroxylation is 1. The lowest BCUT2D eigenvalue weighted by Crippen LogP contribution is -2.48. The van der Waals surface area contributed by atoms with Gasteiger partial charge in [-0.05, 0) is 18.2 Å². The summed E-state index contributed by atoms with van der Waals surface area (Å²) >= 11 is 0. The van der Waals surface area contributed by atoms with Gasteiger partial charge in [0.25, 0.3) is 5.91 Å². The van der Waals surface area contributed by atoms with Crippen LogP contribution in [-0.2, 0) is 6.42 Å². The molecule has 0 saturated carbocycles. The monoisotopic (exact) mass is 330 g/mol. The third-order valence-corrected chi connectivity index (χ3v) is 4.22. The fourth-order valence-electron chi connectivity index (χ4n) is 2.83. The molecule has 126 valence electrons. The van der Waals surface area contributed by atoms with Gasteiger partial charge in [0.1, 0.15) is 0 Å². The Morgan fingerprint density at radius 2 is 1.92 bits per heavy atom. The number of hydrogen-bond acceptors (Lipinski definition) is 7. The van der Waals surface area contributed by atoms with Gasteiger partial charge in [-0.2, -0.15) is 0 Å². The van der Waals surface area contributed by atoms with Crippen molar-refractivity contribution in [2.45, 2.75) is 13.3 Å². The number of amides is 1. The molecule has 3 heterocycles. The summed E-state index contributed by atoms with van der Waals surface area (Å²) in [5.74, 6) is 1.92. The highest BCUT2D eigenvalue weighted by Crippen LogP contribution is 2.32. The maximum absolute atomic E-state index is 12.7. The summed E-state index contributed by atoms with van der Waals surface area (Å²) in [6, 6.07) is 5.81. The van der Waals surface area contributed by atoms with Gasteiger partial charge in [-0.25, -0.2) is 0 Å². The third kappa shape index (κ3) is 2.64. The van der Waals surface area contributed by atoms with Gasteiger partial charge in [0.2, 0.25) is 12.7 Å². The molecule has 1 aromatic carbocycles. The maximum Gasteiger partial charge on any atom is 0.318 e. The topological polar surface area (TPSA) is 80.9 Å². The number of rotatable bonds is 3. The van der Waals surface area contributed by atoms with Crippen LogP contribution in [0.1, 0.15) is 23.2 Å². The van der Waals surface area contributed by atoms with E-state index in [2.05, 4.69) is 10.2 Å². The minimum atomic E-state index is -0.00673. The molecule has 2 aliphatic rings. The summed E-state index contributed by atoms with van der Waals surface area (Å²) in [6.45, 7) is 4.73. The molecule has 0 unspecified atom stereocenters. The van der Waals surface area contributed by atoms with Crippen LogP contribution in [0.4, 0.5) is 6.01 Å². The van der Waals surface area contributed by atoms with Gasteiger partial charge in [-0.3, -0.25) is 4.79 Å². The average Bonchev–Trinajstić information content (AvgIpc) is 3.29. The number of ether oxygens (including phenoxy) is 2. The van der Waals surface area contributed by atoms with E-state index in [1.807, 2.05) is 16.7 Å². The quantitative estimate of drug-likeness (QED) is 0.839. The smallest absolute Gasteiger partial charge is 0.318 e. The Morgan fingerprint density at radius 1 is 1.12 bits per heavy atom. The first-order chi connectivity index (χ1) is 11.7. The van der Waals surface area contributed by atoms with Crippen LogP contribution in [-0.4, -0.2) is 54.0 Å². The summed E-state index contributed by atoms with van der Waals surface area (Å²) in [5, 5.41) is 8.03. The van der Waals surface area contributed by atoms with Crippen molar-refractivity contribution in [2.24, 2.45) is 0 Å². The lowest BCUT2D eigenvalue weighted by molar-refractivity contribution is 0.0744. The fourth-order valence-corrected chi connectivity index (χ4v) is 2.83.